The minimum atomic E-state index is -0.382. The van der Waals surface area contributed by atoms with Crippen molar-refractivity contribution in [3.05, 3.63) is 29.6 Å². The van der Waals surface area contributed by atoms with E-state index in [-0.39, 0.29) is 17.7 Å². The molecule has 1 nitrogen and oxygen atoms in total. The quantitative estimate of drug-likeness (QED) is 0.632. The van der Waals surface area contributed by atoms with E-state index in [1.165, 1.54) is 12.1 Å². The predicted molar refractivity (Wildman–Crippen MR) is 50.1 cm³/mol. The van der Waals surface area contributed by atoms with Crippen molar-refractivity contribution in [2.45, 2.75) is 20.0 Å². The minimum Gasteiger partial charge on any atom is -0.488 e. The smallest absolute Gasteiger partial charge is 0.165 e. The number of benzene rings is 1. The van der Waals surface area contributed by atoms with E-state index in [9.17, 15) is 4.39 Å². The normalized spacial score (nSPS) is 9.77. The van der Waals surface area contributed by atoms with Crippen LogP contribution >= 0.6 is 0 Å². The number of ether oxygens (including phenoxy) is 1. The van der Waals surface area contributed by atoms with E-state index < -0.39 is 0 Å². The topological polar surface area (TPSA) is 9.23 Å². The fraction of sp³-hybridized carbons (Fsp3) is 0.273. The Labute approximate surface area is 77.5 Å². The molecule has 0 aromatic heterocycles. The highest BCUT2D eigenvalue weighted by Gasteiger charge is 2.05. The molecular weight excluding hydrogens is 167 g/mol. The van der Waals surface area contributed by atoms with Crippen molar-refractivity contribution in [2.24, 2.45) is 0 Å². The lowest BCUT2D eigenvalue weighted by atomic mass is 10.2. The molecule has 0 aliphatic rings. The molecule has 68 valence electrons. The first-order chi connectivity index (χ1) is 6.13. The highest BCUT2D eigenvalue weighted by Crippen LogP contribution is 2.19. The van der Waals surface area contributed by atoms with Crippen LogP contribution in [0.4, 0.5) is 4.39 Å². The van der Waals surface area contributed by atoms with Crippen molar-refractivity contribution in [1.29, 1.82) is 0 Å². The maximum absolute atomic E-state index is 13.1. The summed E-state index contributed by atoms with van der Waals surface area (Å²) in [4.78, 5) is 0. The number of hydrogen-bond donors (Lipinski definition) is 0. The zero-order valence-corrected chi connectivity index (χ0v) is 7.67. The Hall–Kier alpha value is -1.49. The highest BCUT2D eigenvalue weighted by atomic mass is 19.1. The van der Waals surface area contributed by atoms with Crippen LogP contribution in [-0.4, -0.2) is 6.10 Å². The van der Waals surface area contributed by atoms with Gasteiger partial charge in [0.15, 0.2) is 11.6 Å². The molecule has 0 saturated heterocycles. The van der Waals surface area contributed by atoms with E-state index in [1.54, 1.807) is 6.07 Å². The van der Waals surface area contributed by atoms with Crippen LogP contribution in [0.5, 0.6) is 5.75 Å². The summed E-state index contributed by atoms with van der Waals surface area (Å²) in [7, 11) is 0. The molecule has 1 aromatic rings. The third kappa shape index (κ3) is 2.48. The molecule has 0 amide bonds. The first-order valence-electron chi connectivity index (χ1n) is 4.06. The van der Waals surface area contributed by atoms with Crippen LogP contribution < -0.4 is 4.74 Å². The van der Waals surface area contributed by atoms with Gasteiger partial charge in [-0.1, -0.05) is 5.92 Å². The Bertz CT molecular complexity index is 336. The maximum Gasteiger partial charge on any atom is 0.165 e. The predicted octanol–water partition coefficient (Wildman–Crippen LogP) is 2.59. The molecule has 2 heteroatoms. The van der Waals surface area contributed by atoms with Crippen molar-refractivity contribution in [3.8, 4) is 18.1 Å². The van der Waals surface area contributed by atoms with Gasteiger partial charge in [-0.15, -0.1) is 6.42 Å². The van der Waals surface area contributed by atoms with Crippen LogP contribution in [0.15, 0.2) is 18.2 Å². The monoisotopic (exact) mass is 178 g/mol. The zero-order chi connectivity index (χ0) is 9.84. The van der Waals surface area contributed by atoms with Crippen LogP contribution in [0.3, 0.4) is 0 Å². The van der Waals surface area contributed by atoms with Crippen LogP contribution in [0.25, 0.3) is 0 Å². The molecule has 0 saturated carbocycles. The van der Waals surface area contributed by atoms with E-state index in [0.717, 1.165) is 0 Å². The minimum absolute atomic E-state index is 0.0532. The van der Waals surface area contributed by atoms with E-state index in [0.29, 0.717) is 5.56 Å². The van der Waals surface area contributed by atoms with E-state index in [4.69, 9.17) is 11.2 Å². The first kappa shape index (κ1) is 9.60. The van der Waals surface area contributed by atoms with E-state index in [1.807, 2.05) is 13.8 Å². The molecule has 0 fully saturated rings. The van der Waals surface area contributed by atoms with Gasteiger partial charge in [0.1, 0.15) is 0 Å². The molecule has 0 N–H and O–H groups in total. The molecule has 0 radical (unpaired) electrons. The van der Waals surface area contributed by atoms with Crippen molar-refractivity contribution in [1.82, 2.24) is 0 Å². The van der Waals surface area contributed by atoms with Crippen LogP contribution in [0, 0.1) is 18.2 Å². The molecule has 0 bridgehead atoms. The number of halogens is 1. The maximum atomic E-state index is 13.1. The Morgan fingerprint density at radius 3 is 2.69 bits per heavy atom. The van der Waals surface area contributed by atoms with Gasteiger partial charge in [0.05, 0.1) is 6.10 Å². The van der Waals surface area contributed by atoms with Crippen LogP contribution in [0.1, 0.15) is 19.4 Å². The number of hydrogen-bond acceptors (Lipinski definition) is 1. The second-order valence-corrected chi connectivity index (χ2v) is 2.96. The Kier molecular flexibility index (Phi) is 2.92. The Morgan fingerprint density at radius 2 is 2.15 bits per heavy atom. The van der Waals surface area contributed by atoms with Gasteiger partial charge in [0, 0.05) is 5.56 Å². The first-order valence-corrected chi connectivity index (χ1v) is 4.06. The second-order valence-electron chi connectivity index (χ2n) is 2.96. The molecule has 0 atom stereocenters. The molecule has 0 spiro atoms. The van der Waals surface area contributed by atoms with E-state index in [2.05, 4.69) is 5.92 Å². The average Bonchev–Trinajstić information content (AvgIpc) is 2.08. The third-order valence-corrected chi connectivity index (χ3v) is 1.46. The Morgan fingerprint density at radius 1 is 1.46 bits per heavy atom. The van der Waals surface area contributed by atoms with Crippen LogP contribution in [-0.2, 0) is 0 Å². The Balaban J connectivity index is 2.99. The summed E-state index contributed by atoms with van der Waals surface area (Å²) in [6.07, 6.45) is 5.12. The molecular formula is C11H11FO. The lowest BCUT2D eigenvalue weighted by Crippen LogP contribution is -2.07. The van der Waals surface area contributed by atoms with Gasteiger partial charge in [0.25, 0.3) is 0 Å². The van der Waals surface area contributed by atoms with Gasteiger partial charge < -0.3 is 4.74 Å². The third-order valence-electron chi connectivity index (χ3n) is 1.46. The standard InChI is InChI=1S/C11H11FO/c1-4-9-5-6-10(12)11(7-9)13-8(2)3/h1,5-8H,2-3H3. The summed E-state index contributed by atoms with van der Waals surface area (Å²) in [6.45, 7) is 3.67. The molecule has 0 unspecified atom stereocenters. The fourth-order valence-electron chi connectivity index (χ4n) is 0.937. The van der Waals surface area contributed by atoms with Gasteiger partial charge in [-0.25, -0.2) is 4.39 Å². The molecule has 1 rings (SSSR count). The van der Waals surface area contributed by atoms with Crippen molar-refractivity contribution in [2.75, 3.05) is 0 Å². The SMILES string of the molecule is C#Cc1ccc(F)c(OC(C)C)c1. The summed E-state index contributed by atoms with van der Waals surface area (Å²) >= 11 is 0. The second kappa shape index (κ2) is 3.95. The lowest BCUT2D eigenvalue weighted by molar-refractivity contribution is 0.231. The van der Waals surface area contributed by atoms with Gasteiger partial charge in [-0.3, -0.25) is 0 Å². The molecule has 1 aromatic carbocycles. The largest absolute Gasteiger partial charge is 0.488 e. The molecule has 0 heterocycles. The summed E-state index contributed by atoms with van der Waals surface area (Å²) in [5.74, 6) is 2.25. The average molecular weight is 178 g/mol. The summed E-state index contributed by atoms with van der Waals surface area (Å²) < 4.78 is 18.3. The zero-order valence-electron chi connectivity index (χ0n) is 7.67. The fourth-order valence-corrected chi connectivity index (χ4v) is 0.937. The molecule has 0 aliphatic carbocycles. The lowest BCUT2D eigenvalue weighted by Gasteiger charge is -2.10. The van der Waals surface area contributed by atoms with Crippen molar-refractivity contribution in [3.63, 3.8) is 0 Å². The highest BCUT2D eigenvalue weighted by molar-refractivity contribution is 5.39. The summed E-state index contributed by atoms with van der Waals surface area (Å²) in [5, 5.41) is 0. The van der Waals surface area contributed by atoms with Crippen molar-refractivity contribution < 1.29 is 9.13 Å². The van der Waals surface area contributed by atoms with Gasteiger partial charge in [-0.2, -0.15) is 0 Å². The summed E-state index contributed by atoms with van der Waals surface area (Å²) in [5.41, 5.74) is 0.622. The number of terminal acetylenes is 1. The van der Waals surface area contributed by atoms with Crippen LogP contribution in [0.2, 0.25) is 0 Å². The number of rotatable bonds is 2. The molecule has 13 heavy (non-hydrogen) atoms. The molecule has 0 aliphatic heterocycles. The van der Waals surface area contributed by atoms with Gasteiger partial charge >= 0.3 is 0 Å². The van der Waals surface area contributed by atoms with Gasteiger partial charge in [0.2, 0.25) is 0 Å². The summed E-state index contributed by atoms with van der Waals surface area (Å²) in [6, 6.07) is 4.38. The van der Waals surface area contributed by atoms with Gasteiger partial charge in [-0.05, 0) is 32.0 Å². The van der Waals surface area contributed by atoms with Crippen molar-refractivity contribution >= 4 is 0 Å². The van der Waals surface area contributed by atoms with E-state index >= 15 is 0 Å².